The third-order valence-electron chi connectivity index (χ3n) is 4.38. The van der Waals surface area contributed by atoms with E-state index in [1.807, 2.05) is 30.3 Å². The van der Waals surface area contributed by atoms with Gasteiger partial charge in [0.1, 0.15) is 5.76 Å². The van der Waals surface area contributed by atoms with Gasteiger partial charge in [-0.15, -0.1) is 34.9 Å². The van der Waals surface area contributed by atoms with Crippen LogP contribution in [0.2, 0.25) is 0 Å². The number of rotatable bonds is 2. The normalized spacial score (nSPS) is 23.0. The van der Waals surface area contributed by atoms with Crippen molar-refractivity contribution >= 4 is 46.6 Å². The molecule has 0 amide bonds. The topological polar surface area (TPSA) is 26.3 Å². The molecule has 24 heavy (non-hydrogen) atoms. The van der Waals surface area contributed by atoms with Crippen molar-refractivity contribution in [3.8, 4) is 0 Å². The third kappa shape index (κ3) is 2.72. The molecule has 3 heterocycles. The van der Waals surface area contributed by atoms with Crippen LogP contribution in [0.1, 0.15) is 28.3 Å². The Bertz CT molecular complexity index is 773. The van der Waals surface area contributed by atoms with Crippen LogP contribution in [0.5, 0.6) is 0 Å². The van der Waals surface area contributed by atoms with Gasteiger partial charge in [0, 0.05) is 10.4 Å². The quantitative estimate of drug-likeness (QED) is 0.666. The number of carbonyl (C=O) groups is 1. The Kier molecular flexibility index (Phi) is 4.50. The standard InChI is InChI=1S/C19H18O2S3/c1-13-8-11-22-17(13)15-12-16(14-6-3-2-4-7-14)21-18(20)19(15)23-9-5-10-24-19/h2-4,6-8,11-12,15H,5,9-10H2,1H3. The summed E-state index contributed by atoms with van der Waals surface area (Å²) in [5, 5.41) is 2.12. The van der Waals surface area contributed by atoms with Crippen molar-refractivity contribution in [3.63, 3.8) is 0 Å². The monoisotopic (exact) mass is 374 g/mol. The zero-order chi connectivity index (χ0) is 16.6. The smallest absolute Gasteiger partial charge is 0.338 e. The Morgan fingerprint density at radius 1 is 1.12 bits per heavy atom. The average molecular weight is 375 g/mol. The molecule has 0 bridgehead atoms. The fourth-order valence-electron chi connectivity index (χ4n) is 3.15. The summed E-state index contributed by atoms with van der Waals surface area (Å²) in [4.78, 5) is 14.4. The van der Waals surface area contributed by atoms with Crippen LogP contribution in [-0.4, -0.2) is 21.6 Å². The van der Waals surface area contributed by atoms with Gasteiger partial charge in [-0.1, -0.05) is 30.3 Å². The molecule has 2 aromatic rings. The highest BCUT2D eigenvalue weighted by Gasteiger charge is 2.53. The molecule has 1 fully saturated rings. The lowest BCUT2D eigenvalue weighted by Gasteiger charge is -2.41. The van der Waals surface area contributed by atoms with Gasteiger partial charge in [-0.3, -0.25) is 0 Å². The third-order valence-corrected chi connectivity index (χ3v) is 8.87. The number of ether oxygens (including phenoxy) is 1. The lowest BCUT2D eigenvalue weighted by Crippen LogP contribution is -2.43. The Morgan fingerprint density at radius 3 is 2.54 bits per heavy atom. The Hall–Kier alpha value is -1.17. The number of cyclic esters (lactones) is 1. The molecule has 0 radical (unpaired) electrons. The van der Waals surface area contributed by atoms with Gasteiger partial charge >= 0.3 is 5.97 Å². The summed E-state index contributed by atoms with van der Waals surface area (Å²) in [6.45, 7) is 2.13. The second kappa shape index (κ2) is 6.62. The zero-order valence-corrected chi connectivity index (χ0v) is 15.8. The van der Waals surface area contributed by atoms with E-state index in [2.05, 4.69) is 24.4 Å². The molecule has 1 aromatic heterocycles. The number of thioether (sulfide) groups is 2. The highest BCUT2D eigenvalue weighted by Crippen LogP contribution is 2.56. The van der Waals surface area contributed by atoms with Crippen LogP contribution in [0.4, 0.5) is 0 Å². The van der Waals surface area contributed by atoms with Crippen LogP contribution in [0, 0.1) is 6.92 Å². The average Bonchev–Trinajstić information content (AvgIpc) is 3.05. The van der Waals surface area contributed by atoms with Gasteiger partial charge in [0.2, 0.25) is 0 Å². The molecule has 1 unspecified atom stereocenters. The lowest BCUT2D eigenvalue weighted by atomic mass is 9.95. The van der Waals surface area contributed by atoms with Crippen molar-refractivity contribution in [1.29, 1.82) is 0 Å². The van der Waals surface area contributed by atoms with Crippen molar-refractivity contribution < 1.29 is 9.53 Å². The number of thiophene rings is 1. The maximum atomic E-state index is 13.1. The largest absolute Gasteiger partial charge is 0.425 e. The summed E-state index contributed by atoms with van der Waals surface area (Å²) in [5.74, 6) is 2.67. The SMILES string of the molecule is Cc1ccsc1C1C=C(c2ccccc2)OC(=O)C12SCCCS2. The minimum atomic E-state index is -0.536. The van der Waals surface area contributed by atoms with Crippen LogP contribution < -0.4 is 0 Å². The molecule has 124 valence electrons. The molecule has 0 aliphatic carbocycles. The molecular weight excluding hydrogens is 356 g/mol. The predicted octanol–water partition coefficient (Wildman–Crippen LogP) is 5.30. The second-order valence-corrected chi connectivity index (χ2v) is 9.84. The van der Waals surface area contributed by atoms with E-state index in [0.29, 0.717) is 5.76 Å². The summed E-state index contributed by atoms with van der Waals surface area (Å²) >= 11 is 5.26. The van der Waals surface area contributed by atoms with Crippen molar-refractivity contribution in [2.24, 2.45) is 0 Å². The maximum absolute atomic E-state index is 13.1. The number of benzene rings is 1. The molecule has 1 aromatic carbocycles. The first-order valence-electron chi connectivity index (χ1n) is 8.02. The number of allylic oxidation sites excluding steroid dienone is 1. The lowest BCUT2D eigenvalue weighted by molar-refractivity contribution is -0.138. The molecule has 0 N–H and O–H groups in total. The molecule has 0 saturated carbocycles. The van der Waals surface area contributed by atoms with Crippen molar-refractivity contribution in [1.82, 2.24) is 0 Å². The van der Waals surface area contributed by atoms with Crippen LogP contribution >= 0.6 is 34.9 Å². The van der Waals surface area contributed by atoms with Gasteiger partial charge in [-0.25, -0.2) is 4.79 Å². The number of aryl methyl sites for hydroxylation is 1. The molecule has 1 atom stereocenters. The fourth-order valence-corrected chi connectivity index (χ4v) is 7.61. The first-order chi connectivity index (χ1) is 11.7. The molecule has 2 nitrogen and oxygen atoms in total. The Balaban J connectivity index is 1.84. The van der Waals surface area contributed by atoms with Gasteiger partial charge in [0.25, 0.3) is 0 Å². The van der Waals surface area contributed by atoms with Gasteiger partial charge in [-0.2, -0.15) is 0 Å². The van der Waals surface area contributed by atoms with Crippen LogP contribution in [0.15, 0.2) is 47.9 Å². The first kappa shape index (κ1) is 16.3. The van der Waals surface area contributed by atoms with Gasteiger partial charge in [0.15, 0.2) is 4.08 Å². The van der Waals surface area contributed by atoms with E-state index >= 15 is 0 Å². The minimum absolute atomic E-state index is 0.0595. The van der Waals surface area contributed by atoms with Crippen LogP contribution in [0.25, 0.3) is 5.76 Å². The summed E-state index contributed by atoms with van der Waals surface area (Å²) in [6, 6.07) is 12.1. The van der Waals surface area contributed by atoms with E-state index in [-0.39, 0.29) is 11.9 Å². The number of hydrogen-bond acceptors (Lipinski definition) is 5. The van der Waals surface area contributed by atoms with E-state index in [1.165, 1.54) is 10.4 Å². The zero-order valence-electron chi connectivity index (χ0n) is 13.4. The minimum Gasteiger partial charge on any atom is -0.425 e. The van der Waals surface area contributed by atoms with E-state index in [4.69, 9.17) is 4.74 Å². The second-order valence-electron chi connectivity index (χ2n) is 5.95. The van der Waals surface area contributed by atoms with E-state index in [9.17, 15) is 4.79 Å². The van der Waals surface area contributed by atoms with Crippen molar-refractivity contribution in [2.75, 3.05) is 11.5 Å². The fraction of sp³-hybridized carbons (Fsp3) is 0.316. The number of carbonyl (C=O) groups excluding carboxylic acids is 1. The highest BCUT2D eigenvalue weighted by atomic mass is 32.2. The summed E-state index contributed by atoms with van der Waals surface area (Å²) in [5.41, 5.74) is 2.22. The van der Waals surface area contributed by atoms with Gasteiger partial charge in [0.05, 0.1) is 5.92 Å². The van der Waals surface area contributed by atoms with Gasteiger partial charge < -0.3 is 4.74 Å². The molecular formula is C19H18O2S3. The van der Waals surface area contributed by atoms with Crippen molar-refractivity contribution in [3.05, 3.63) is 63.9 Å². The molecule has 5 heteroatoms. The van der Waals surface area contributed by atoms with E-state index in [0.717, 1.165) is 23.5 Å². The number of esters is 1. The van der Waals surface area contributed by atoms with E-state index < -0.39 is 4.08 Å². The Morgan fingerprint density at radius 2 is 1.88 bits per heavy atom. The predicted molar refractivity (Wildman–Crippen MR) is 105 cm³/mol. The molecule has 4 rings (SSSR count). The molecule has 2 aliphatic heterocycles. The summed E-state index contributed by atoms with van der Waals surface area (Å²) in [6.07, 6.45) is 3.32. The van der Waals surface area contributed by atoms with Gasteiger partial charge in [-0.05, 0) is 47.9 Å². The highest BCUT2D eigenvalue weighted by molar-refractivity contribution is 8.20. The summed E-state index contributed by atoms with van der Waals surface area (Å²) < 4.78 is 5.28. The first-order valence-corrected chi connectivity index (χ1v) is 10.9. The Labute approximate surface area is 154 Å². The van der Waals surface area contributed by atoms with Crippen LogP contribution in [0.3, 0.4) is 0 Å². The molecule has 1 saturated heterocycles. The summed E-state index contributed by atoms with van der Waals surface area (Å²) in [7, 11) is 0. The number of hydrogen-bond donors (Lipinski definition) is 0. The molecule has 2 aliphatic rings. The van der Waals surface area contributed by atoms with Crippen LogP contribution in [-0.2, 0) is 9.53 Å². The van der Waals surface area contributed by atoms with Crippen molar-refractivity contribution in [2.45, 2.75) is 23.3 Å². The van der Waals surface area contributed by atoms with E-state index in [1.54, 1.807) is 34.9 Å². The maximum Gasteiger partial charge on any atom is 0.338 e. The molecule has 1 spiro atoms.